The first-order valence-electron chi connectivity index (χ1n) is 12.4. The number of benzene rings is 2. The Labute approximate surface area is 206 Å². The molecule has 0 spiro atoms. The number of alkyl carbamates (subject to hydrolysis) is 1. The first kappa shape index (κ1) is 24.8. The normalized spacial score (nSPS) is 19.4. The van der Waals surface area contributed by atoms with Crippen molar-refractivity contribution in [2.24, 2.45) is 11.3 Å². The summed E-state index contributed by atoms with van der Waals surface area (Å²) in [5.41, 5.74) is 3.97. The average molecular weight is 479 g/mol. The molecule has 0 aliphatic heterocycles. The molecule has 2 aliphatic carbocycles. The number of aliphatic carboxylic acids is 1. The van der Waals surface area contributed by atoms with Crippen molar-refractivity contribution in [1.29, 1.82) is 0 Å². The molecule has 0 unspecified atom stereocenters. The zero-order valence-corrected chi connectivity index (χ0v) is 20.4. The Morgan fingerprint density at radius 2 is 1.63 bits per heavy atom. The van der Waals surface area contributed by atoms with Crippen LogP contribution in [0.5, 0.6) is 0 Å². The minimum Gasteiger partial charge on any atom is -0.481 e. The van der Waals surface area contributed by atoms with E-state index in [-0.39, 0.29) is 24.5 Å². The number of fused-ring (bicyclic) bond motifs is 3. The third kappa shape index (κ3) is 5.66. The van der Waals surface area contributed by atoms with Crippen molar-refractivity contribution >= 4 is 18.0 Å². The SMILES string of the molecule is CC(C)(CCNC(=O)OCC1c2ccccc2-c2ccccc21)C(=O)N[C@@H]1CCC[C@H](C(=O)O)C1. The quantitative estimate of drug-likeness (QED) is 0.510. The number of hydrogen-bond donors (Lipinski definition) is 3. The molecule has 3 N–H and O–H groups in total. The lowest BCUT2D eigenvalue weighted by atomic mass is 9.83. The Hall–Kier alpha value is -3.35. The molecule has 0 bridgehead atoms. The summed E-state index contributed by atoms with van der Waals surface area (Å²) in [6.07, 6.45) is 2.66. The number of ether oxygens (including phenoxy) is 1. The van der Waals surface area contributed by atoms with E-state index in [0.29, 0.717) is 25.8 Å². The van der Waals surface area contributed by atoms with Gasteiger partial charge in [-0.25, -0.2) is 4.79 Å². The topological polar surface area (TPSA) is 105 Å². The molecule has 7 heteroatoms. The Bertz CT molecular complexity index is 1050. The van der Waals surface area contributed by atoms with Crippen LogP contribution in [0.15, 0.2) is 48.5 Å². The van der Waals surface area contributed by atoms with Crippen molar-refractivity contribution in [3.63, 3.8) is 0 Å². The molecule has 0 saturated heterocycles. The van der Waals surface area contributed by atoms with E-state index in [9.17, 15) is 19.5 Å². The Kier molecular flexibility index (Phi) is 7.43. The first-order chi connectivity index (χ1) is 16.8. The Morgan fingerprint density at radius 1 is 1.00 bits per heavy atom. The highest BCUT2D eigenvalue weighted by Gasteiger charge is 2.33. The molecular weight excluding hydrogens is 444 g/mol. The summed E-state index contributed by atoms with van der Waals surface area (Å²) in [5, 5.41) is 15.1. The largest absolute Gasteiger partial charge is 0.481 e. The first-order valence-corrected chi connectivity index (χ1v) is 12.4. The molecule has 0 aromatic heterocycles. The summed E-state index contributed by atoms with van der Waals surface area (Å²) in [4.78, 5) is 36.5. The van der Waals surface area contributed by atoms with Gasteiger partial charge in [0.05, 0.1) is 5.92 Å². The highest BCUT2D eigenvalue weighted by molar-refractivity contribution is 5.82. The van der Waals surface area contributed by atoms with Gasteiger partial charge in [-0.3, -0.25) is 9.59 Å². The van der Waals surface area contributed by atoms with Gasteiger partial charge in [-0.05, 0) is 47.9 Å². The van der Waals surface area contributed by atoms with Crippen LogP contribution in [-0.2, 0) is 14.3 Å². The standard InChI is InChI=1S/C28H34N2O5/c1-28(2,26(33)30-19-9-7-8-18(16-19)25(31)32)14-15-29-27(34)35-17-24-22-12-5-3-10-20(22)21-11-4-6-13-23(21)24/h3-6,10-13,18-19,24H,7-9,14-17H2,1-2H3,(H,29,34)(H,30,33)(H,31,32)/t18-,19+/m0/s1. The third-order valence-corrected chi connectivity index (χ3v) is 7.34. The zero-order valence-electron chi connectivity index (χ0n) is 20.4. The van der Waals surface area contributed by atoms with Crippen molar-refractivity contribution in [2.45, 2.75) is 57.9 Å². The number of amides is 2. The van der Waals surface area contributed by atoms with Crippen LogP contribution in [0, 0.1) is 11.3 Å². The summed E-state index contributed by atoms with van der Waals surface area (Å²) in [6, 6.07) is 16.3. The van der Waals surface area contributed by atoms with Gasteiger partial charge in [-0.15, -0.1) is 0 Å². The van der Waals surface area contributed by atoms with E-state index in [4.69, 9.17) is 4.74 Å². The molecule has 2 aromatic carbocycles. The van der Waals surface area contributed by atoms with Crippen molar-refractivity contribution in [3.8, 4) is 11.1 Å². The van der Waals surface area contributed by atoms with Crippen LogP contribution in [0.3, 0.4) is 0 Å². The van der Waals surface area contributed by atoms with Gasteiger partial charge >= 0.3 is 12.1 Å². The predicted octanol–water partition coefficient (Wildman–Crippen LogP) is 4.70. The molecule has 2 atom stereocenters. The van der Waals surface area contributed by atoms with Crippen LogP contribution in [-0.4, -0.2) is 42.3 Å². The van der Waals surface area contributed by atoms with Crippen LogP contribution >= 0.6 is 0 Å². The minimum absolute atomic E-state index is 0.000454. The van der Waals surface area contributed by atoms with Gasteiger partial charge in [-0.1, -0.05) is 68.8 Å². The zero-order chi connectivity index (χ0) is 25.0. The molecule has 186 valence electrons. The van der Waals surface area contributed by atoms with E-state index < -0.39 is 23.4 Å². The minimum atomic E-state index is -0.796. The maximum Gasteiger partial charge on any atom is 0.407 e. The number of carboxylic acids is 1. The molecule has 2 aromatic rings. The fourth-order valence-electron chi connectivity index (χ4n) is 5.17. The lowest BCUT2D eigenvalue weighted by Crippen LogP contribution is -2.46. The molecule has 4 rings (SSSR count). The summed E-state index contributed by atoms with van der Waals surface area (Å²) >= 11 is 0. The molecule has 35 heavy (non-hydrogen) atoms. The fraction of sp³-hybridized carbons (Fsp3) is 0.464. The molecule has 0 radical (unpaired) electrons. The molecule has 1 saturated carbocycles. The average Bonchev–Trinajstić information content (AvgIpc) is 3.16. The highest BCUT2D eigenvalue weighted by Crippen LogP contribution is 2.44. The molecule has 1 fully saturated rings. The molecule has 2 amide bonds. The van der Waals surface area contributed by atoms with Gasteiger partial charge in [0, 0.05) is 23.9 Å². The van der Waals surface area contributed by atoms with Crippen molar-refractivity contribution < 1.29 is 24.2 Å². The van der Waals surface area contributed by atoms with E-state index in [2.05, 4.69) is 34.9 Å². The number of carbonyl (C=O) groups is 3. The fourth-order valence-corrected chi connectivity index (χ4v) is 5.17. The molecular formula is C28H34N2O5. The predicted molar refractivity (Wildman–Crippen MR) is 133 cm³/mol. The van der Waals surface area contributed by atoms with Crippen LogP contribution < -0.4 is 10.6 Å². The van der Waals surface area contributed by atoms with E-state index in [1.165, 1.54) is 11.1 Å². The lowest BCUT2D eigenvalue weighted by molar-refractivity contribution is -0.143. The number of nitrogens with one attached hydrogen (secondary N) is 2. The Balaban J connectivity index is 1.24. The summed E-state index contributed by atoms with van der Waals surface area (Å²) in [7, 11) is 0. The second-order valence-electron chi connectivity index (χ2n) is 10.3. The van der Waals surface area contributed by atoms with Gasteiger partial charge < -0.3 is 20.5 Å². The van der Waals surface area contributed by atoms with Crippen LogP contribution in [0.1, 0.15) is 63.0 Å². The lowest BCUT2D eigenvalue weighted by Gasteiger charge is -2.31. The van der Waals surface area contributed by atoms with Crippen LogP contribution in [0.2, 0.25) is 0 Å². The number of carboxylic acid groups (broad SMARTS) is 1. The van der Waals surface area contributed by atoms with E-state index in [0.717, 1.165) is 24.0 Å². The van der Waals surface area contributed by atoms with Gasteiger partial charge in [0.2, 0.25) is 5.91 Å². The van der Waals surface area contributed by atoms with Crippen molar-refractivity contribution in [1.82, 2.24) is 10.6 Å². The van der Waals surface area contributed by atoms with Crippen molar-refractivity contribution in [2.75, 3.05) is 13.2 Å². The van der Waals surface area contributed by atoms with E-state index in [1.54, 1.807) is 0 Å². The Morgan fingerprint density at radius 3 is 2.26 bits per heavy atom. The maximum atomic E-state index is 12.8. The number of rotatable bonds is 8. The number of carbonyl (C=O) groups excluding carboxylic acids is 2. The third-order valence-electron chi connectivity index (χ3n) is 7.34. The number of hydrogen-bond acceptors (Lipinski definition) is 4. The van der Waals surface area contributed by atoms with Gasteiger partial charge in [0.15, 0.2) is 0 Å². The molecule has 0 heterocycles. The maximum absolute atomic E-state index is 12.8. The van der Waals surface area contributed by atoms with E-state index >= 15 is 0 Å². The second kappa shape index (κ2) is 10.5. The van der Waals surface area contributed by atoms with Crippen LogP contribution in [0.4, 0.5) is 4.79 Å². The van der Waals surface area contributed by atoms with Gasteiger partial charge in [0.1, 0.15) is 6.61 Å². The monoisotopic (exact) mass is 478 g/mol. The van der Waals surface area contributed by atoms with Gasteiger partial charge in [-0.2, -0.15) is 0 Å². The summed E-state index contributed by atoms with van der Waals surface area (Å²) in [5.74, 6) is -1.31. The molecule has 2 aliphatic rings. The smallest absolute Gasteiger partial charge is 0.407 e. The highest BCUT2D eigenvalue weighted by atomic mass is 16.5. The molecule has 7 nitrogen and oxygen atoms in total. The summed E-state index contributed by atoms with van der Waals surface area (Å²) in [6.45, 7) is 4.22. The second-order valence-corrected chi connectivity index (χ2v) is 10.3. The van der Waals surface area contributed by atoms with E-state index in [1.807, 2.05) is 38.1 Å². The van der Waals surface area contributed by atoms with Crippen molar-refractivity contribution in [3.05, 3.63) is 59.7 Å². The van der Waals surface area contributed by atoms with Gasteiger partial charge in [0.25, 0.3) is 0 Å². The summed E-state index contributed by atoms with van der Waals surface area (Å²) < 4.78 is 5.56. The van der Waals surface area contributed by atoms with Crippen LogP contribution in [0.25, 0.3) is 11.1 Å².